The molecule has 0 atom stereocenters. The predicted octanol–water partition coefficient (Wildman–Crippen LogP) is 4.42. The summed E-state index contributed by atoms with van der Waals surface area (Å²) in [6.07, 6.45) is 2.18. The first kappa shape index (κ1) is 17.0. The Balaban J connectivity index is 2.24. The topological polar surface area (TPSA) is 61.6 Å². The summed E-state index contributed by atoms with van der Waals surface area (Å²) in [5.74, 6) is 0.431. The second-order valence-electron chi connectivity index (χ2n) is 4.52. The van der Waals surface area contributed by atoms with Crippen LogP contribution in [0.1, 0.15) is 11.1 Å². The molecule has 2 aromatic rings. The molecule has 120 valence electrons. The van der Waals surface area contributed by atoms with Gasteiger partial charge in [0.25, 0.3) is 0 Å². The Morgan fingerprint density at radius 1 is 1.35 bits per heavy atom. The van der Waals surface area contributed by atoms with E-state index in [1.54, 1.807) is 30.3 Å². The van der Waals surface area contributed by atoms with Gasteiger partial charge in [-0.2, -0.15) is 0 Å². The molecule has 0 saturated heterocycles. The van der Waals surface area contributed by atoms with Gasteiger partial charge in [0, 0.05) is 11.6 Å². The maximum Gasteiger partial charge on any atom is 0.235 e. The van der Waals surface area contributed by atoms with Crippen molar-refractivity contribution in [1.82, 2.24) is 0 Å². The number of ether oxygens (including phenoxy) is 2. The van der Waals surface area contributed by atoms with Crippen molar-refractivity contribution in [2.75, 3.05) is 7.11 Å². The highest BCUT2D eigenvalue weighted by molar-refractivity contribution is 9.10. The Bertz CT molecular complexity index is 749. The first-order valence-electron chi connectivity index (χ1n) is 6.56. The summed E-state index contributed by atoms with van der Waals surface area (Å²) >= 11 is 3.34. The summed E-state index contributed by atoms with van der Waals surface area (Å²) in [4.78, 5) is 9.83. The van der Waals surface area contributed by atoms with E-state index in [0.29, 0.717) is 27.1 Å². The van der Waals surface area contributed by atoms with Crippen LogP contribution in [0.5, 0.6) is 11.5 Å². The molecule has 2 aromatic carbocycles. The third-order valence-electron chi connectivity index (χ3n) is 2.97. The molecule has 0 N–H and O–H groups in total. The molecule has 0 heterocycles. The van der Waals surface area contributed by atoms with Crippen molar-refractivity contribution in [1.29, 1.82) is 0 Å². The minimum absolute atomic E-state index is 0.0334. The third-order valence-corrected chi connectivity index (χ3v) is 3.56. The van der Waals surface area contributed by atoms with E-state index in [-0.39, 0.29) is 12.4 Å². The van der Waals surface area contributed by atoms with Crippen LogP contribution in [-0.4, -0.2) is 12.0 Å². The number of methoxy groups -OCH3 is 1. The number of rotatable bonds is 6. The van der Waals surface area contributed by atoms with E-state index in [0.717, 1.165) is 6.20 Å². The third kappa shape index (κ3) is 4.53. The molecule has 2 rings (SSSR count). The van der Waals surface area contributed by atoms with Gasteiger partial charge in [-0.3, -0.25) is 10.1 Å². The Morgan fingerprint density at radius 3 is 2.74 bits per heavy atom. The zero-order valence-electron chi connectivity index (χ0n) is 12.2. The van der Waals surface area contributed by atoms with Crippen molar-refractivity contribution in [3.8, 4) is 11.5 Å². The molecule has 0 amide bonds. The second kappa shape index (κ2) is 7.73. The van der Waals surface area contributed by atoms with Gasteiger partial charge in [0.05, 0.1) is 16.5 Å². The van der Waals surface area contributed by atoms with Crippen LogP contribution in [0.2, 0.25) is 0 Å². The summed E-state index contributed by atoms with van der Waals surface area (Å²) in [5, 5.41) is 10.4. The second-order valence-corrected chi connectivity index (χ2v) is 5.37. The molecular formula is C16H13BrFNO4. The normalized spacial score (nSPS) is 10.7. The molecular weight excluding hydrogens is 369 g/mol. The van der Waals surface area contributed by atoms with Crippen molar-refractivity contribution < 1.29 is 18.8 Å². The van der Waals surface area contributed by atoms with Gasteiger partial charge in [0.1, 0.15) is 12.4 Å². The van der Waals surface area contributed by atoms with Crippen LogP contribution in [0.4, 0.5) is 4.39 Å². The van der Waals surface area contributed by atoms with E-state index in [1.807, 2.05) is 0 Å². The fraction of sp³-hybridized carbons (Fsp3) is 0.125. The van der Waals surface area contributed by atoms with E-state index < -0.39 is 4.92 Å². The van der Waals surface area contributed by atoms with Crippen molar-refractivity contribution in [2.45, 2.75) is 6.61 Å². The lowest BCUT2D eigenvalue weighted by Gasteiger charge is -2.13. The van der Waals surface area contributed by atoms with Crippen LogP contribution in [-0.2, 0) is 6.61 Å². The number of nitrogens with zero attached hydrogens (tertiary/aromatic N) is 1. The Hall–Kier alpha value is -2.41. The van der Waals surface area contributed by atoms with Crippen LogP contribution in [0.15, 0.2) is 47.1 Å². The number of benzene rings is 2. The molecule has 5 nitrogen and oxygen atoms in total. The molecule has 0 unspecified atom stereocenters. The Kier molecular flexibility index (Phi) is 5.70. The van der Waals surface area contributed by atoms with E-state index in [1.165, 1.54) is 19.3 Å². The lowest BCUT2D eigenvalue weighted by molar-refractivity contribution is -0.400. The molecule has 7 heteroatoms. The first-order chi connectivity index (χ1) is 11.0. The number of halogens is 2. The fourth-order valence-electron chi connectivity index (χ4n) is 1.89. The van der Waals surface area contributed by atoms with Gasteiger partial charge >= 0.3 is 0 Å². The van der Waals surface area contributed by atoms with Crippen LogP contribution < -0.4 is 9.47 Å². The van der Waals surface area contributed by atoms with E-state index in [9.17, 15) is 14.5 Å². The maximum atomic E-state index is 13.6. The molecule has 0 saturated carbocycles. The molecule has 0 fully saturated rings. The summed E-state index contributed by atoms with van der Waals surface area (Å²) in [5.41, 5.74) is 0.988. The summed E-state index contributed by atoms with van der Waals surface area (Å²) < 4.78 is 25.0. The van der Waals surface area contributed by atoms with Gasteiger partial charge in [-0.1, -0.05) is 18.2 Å². The van der Waals surface area contributed by atoms with Gasteiger partial charge in [0.15, 0.2) is 11.5 Å². The van der Waals surface area contributed by atoms with Gasteiger partial charge in [-0.15, -0.1) is 0 Å². The lowest BCUT2D eigenvalue weighted by Crippen LogP contribution is -2.01. The lowest BCUT2D eigenvalue weighted by atomic mass is 10.2. The zero-order chi connectivity index (χ0) is 16.8. The van der Waals surface area contributed by atoms with Crippen molar-refractivity contribution >= 4 is 22.0 Å². The largest absolute Gasteiger partial charge is 0.493 e. The summed E-state index contributed by atoms with van der Waals surface area (Å²) in [7, 11) is 1.46. The summed E-state index contributed by atoms with van der Waals surface area (Å²) in [6, 6.07) is 9.56. The molecule has 0 aliphatic heterocycles. The van der Waals surface area contributed by atoms with Gasteiger partial charge in [-0.25, -0.2) is 4.39 Å². The highest BCUT2D eigenvalue weighted by atomic mass is 79.9. The minimum Gasteiger partial charge on any atom is -0.493 e. The molecule has 0 aliphatic carbocycles. The van der Waals surface area contributed by atoms with Gasteiger partial charge < -0.3 is 9.47 Å². The number of hydrogen-bond acceptors (Lipinski definition) is 4. The smallest absolute Gasteiger partial charge is 0.235 e. The van der Waals surface area contributed by atoms with Crippen molar-refractivity contribution in [3.05, 3.63) is 74.1 Å². The highest BCUT2D eigenvalue weighted by Gasteiger charge is 2.12. The average Bonchev–Trinajstić information content (AvgIpc) is 2.52. The van der Waals surface area contributed by atoms with Crippen LogP contribution >= 0.6 is 15.9 Å². The molecule has 0 bridgehead atoms. The average molecular weight is 382 g/mol. The molecule has 0 aromatic heterocycles. The van der Waals surface area contributed by atoms with E-state index in [2.05, 4.69) is 15.9 Å². The molecule has 0 radical (unpaired) electrons. The standard InChI is InChI=1S/C16H13BrFNO4/c1-22-15-9-11(6-7-19(20)21)8-13(17)16(15)23-10-12-4-2-3-5-14(12)18/h2-9H,10H2,1H3/b7-6-. The first-order valence-corrected chi connectivity index (χ1v) is 7.36. The summed E-state index contributed by atoms with van der Waals surface area (Å²) in [6.45, 7) is 0.0334. The molecule has 0 aliphatic rings. The minimum atomic E-state index is -0.553. The van der Waals surface area contributed by atoms with E-state index >= 15 is 0 Å². The SMILES string of the molecule is COc1cc(/C=C\[N+](=O)[O-])cc(Br)c1OCc1ccccc1F. The zero-order valence-corrected chi connectivity index (χ0v) is 13.7. The fourth-order valence-corrected chi connectivity index (χ4v) is 2.46. The van der Waals surface area contributed by atoms with Crippen molar-refractivity contribution in [2.24, 2.45) is 0 Å². The van der Waals surface area contributed by atoms with Gasteiger partial charge in [0.2, 0.25) is 6.20 Å². The Labute approximate surface area is 140 Å². The molecule has 0 spiro atoms. The monoisotopic (exact) mass is 381 g/mol. The highest BCUT2D eigenvalue weighted by Crippen LogP contribution is 2.37. The quantitative estimate of drug-likeness (QED) is 0.548. The van der Waals surface area contributed by atoms with Crippen LogP contribution in [0.25, 0.3) is 6.08 Å². The Morgan fingerprint density at radius 2 is 2.09 bits per heavy atom. The number of hydrogen-bond donors (Lipinski definition) is 0. The van der Waals surface area contributed by atoms with Gasteiger partial charge in [-0.05, 0) is 39.7 Å². The van der Waals surface area contributed by atoms with Crippen molar-refractivity contribution in [3.63, 3.8) is 0 Å². The van der Waals surface area contributed by atoms with Crippen LogP contribution in [0, 0.1) is 15.9 Å². The maximum absolute atomic E-state index is 13.6. The van der Waals surface area contributed by atoms with E-state index in [4.69, 9.17) is 9.47 Å². The predicted molar refractivity (Wildman–Crippen MR) is 87.5 cm³/mol. The van der Waals surface area contributed by atoms with Crippen LogP contribution in [0.3, 0.4) is 0 Å². The molecule has 23 heavy (non-hydrogen) atoms. The number of nitro groups is 1.